The van der Waals surface area contributed by atoms with Crippen molar-refractivity contribution in [2.24, 2.45) is 5.92 Å². The van der Waals surface area contributed by atoms with E-state index in [1.807, 2.05) is 0 Å². The first-order valence-corrected chi connectivity index (χ1v) is 11.1. The van der Waals surface area contributed by atoms with Gasteiger partial charge in [-0.3, -0.25) is 9.59 Å². The van der Waals surface area contributed by atoms with Gasteiger partial charge in [-0.05, 0) is 49.2 Å². The molecule has 1 fully saturated rings. The van der Waals surface area contributed by atoms with E-state index in [0.717, 1.165) is 0 Å². The third-order valence-electron chi connectivity index (χ3n) is 4.93. The molecule has 2 amide bonds. The zero-order valence-electron chi connectivity index (χ0n) is 16.7. The van der Waals surface area contributed by atoms with E-state index < -0.39 is 15.9 Å². The molecular formula is C21H25N3O5S. The van der Waals surface area contributed by atoms with Crippen LogP contribution in [0, 0.1) is 5.92 Å². The summed E-state index contributed by atoms with van der Waals surface area (Å²) in [5.74, 6) is -0.509. The first kappa shape index (κ1) is 21.8. The molecule has 0 aromatic heterocycles. The van der Waals surface area contributed by atoms with E-state index in [9.17, 15) is 18.0 Å². The van der Waals surface area contributed by atoms with Crippen LogP contribution in [0.2, 0.25) is 0 Å². The Morgan fingerprint density at radius 1 is 1.10 bits per heavy atom. The molecule has 9 heteroatoms. The van der Waals surface area contributed by atoms with Gasteiger partial charge in [0.05, 0.1) is 24.5 Å². The first-order chi connectivity index (χ1) is 14.4. The van der Waals surface area contributed by atoms with E-state index in [1.54, 1.807) is 61.7 Å². The molecule has 0 radical (unpaired) electrons. The molecule has 2 aromatic rings. The van der Waals surface area contributed by atoms with Crippen molar-refractivity contribution in [2.75, 3.05) is 32.1 Å². The molecular weight excluding hydrogens is 406 g/mol. The number of sulfonamides is 1. The Morgan fingerprint density at radius 2 is 1.80 bits per heavy atom. The number of nitrogens with zero attached hydrogens (tertiary/aromatic N) is 1. The summed E-state index contributed by atoms with van der Waals surface area (Å²) in [5, 5.41) is 5.30. The second-order valence-corrected chi connectivity index (χ2v) is 8.95. The highest BCUT2D eigenvalue weighted by Gasteiger charge is 2.33. The number of benzene rings is 2. The van der Waals surface area contributed by atoms with Gasteiger partial charge >= 0.3 is 0 Å². The van der Waals surface area contributed by atoms with E-state index in [4.69, 9.17) is 4.74 Å². The minimum atomic E-state index is -3.64. The van der Waals surface area contributed by atoms with Crippen LogP contribution in [-0.4, -0.2) is 51.3 Å². The largest absolute Gasteiger partial charge is 0.497 e. The molecule has 2 aromatic carbocycles. The maximum Gasteiger partial charge on any atom is 0.243 e. The molecule has 1 heterocycles. The van der Waals surface area contributed by atoms with Crippen LogP contribution >= 0.6 is 0 Å². The maximum atomic E-state index is 12.8. The fourth-order valence-electron chi connectivity index (χ4n) is 3.31. The molecule has 3 rings (SSSR count). The van der Waals surface area contributed by atoms with Gasteiger partial charge in [0.2, 0.25) is 21.8 Å². The van der Waals surface area contributed by atoms with Crippen molar-refractivity contribution < 1.29 is 22.7 Å². The van der Waals surface area contributed by atoms with Gasteiger partial charge in [-0.25, -0.2) is 8.42 Å². The molecule has 30 heavy (non-hydrogen) atoms. The predicted octanol–water partition coefficient (Wildman–Crippen LogP) is 1.85. The third-order valence-corrected chi connectivity index (χ3v) is 6.81. The smallest absolute Gasteiger partial charge is 0.243 e. The summed E-state index contributed by atoms with van der Waals surface area (Å²) >= 11 is 0. The standard InChI is InChI=1S/C21H25N3O5S/c1-29-18-11-9-17(10-12-18)23-20(25)14-22-21(26)16-6-5-13-24(15-16)30(27,28)19-7-3-2-4-8-19/h2-4,7-12,16H,5-6,13-15H2,1H3,(H,22,26)(H,23,25). The Bertz CT molecular complexity index is 977. The van der Waals surface area contributed by atoms with Crippen LogP contribution in [0.25, 0.3) is 0 Å². The number of amides is 2. The summed E-state index contributed by atoms with van der Waals surface area (Å²) in [4.78, 5) is 24.8. The second-order valence-electron chi connectivity index (χ2n) is 7.01. The average Bonchev–Trinajstić information content (AvgIpc) is 2.78. The lowest BCUT2D eigenvalue weighted by atomic mass is 9.99. The Hall–Kier alpha value is -2.91. The van der Waals surface area contributed by atoms with Crippen LogP contribution in [0.5, 0.6) is 5.75 Å². The van der Waals surface area contributed by atoms with Gasteiger partial charge in [-0.1, -0.05) is 18.2 Å². The number of hydrogen-bond donors (Lipinski definition) is 2. The van der Waals surface area contributed by atoms with Gasteiger partial charge < -0.3 is 15.4 Å². The summed E-state index contributed by atoms with van der Waals surface area (Å²) in [5.41, 5.74) is 0.591. The van der Waals surface area contributed by atoms with Gasteiger partial charge in [0.1, 0.15) is 5.75 Å². The van der Waals surface area contributed by atoms with Crippen LogP contribution in [0.15, 0.2) is 59.5 Å². The molecule has 1 aliphatic rings. The number of methoxy groups -OCH3 is 1. The van der Waals surface area contributed by atoms with Crippen LogP contribution in [0.3, 0.4) is 0 Å². The van der Waals surface area contributed by atoms with E-state index >= 15 is 0 Å². The Balaban J connectivity index is 1.53. The molecule has 160 valence electrons. The zero-order chi connectivity index (χ0) is 21.6. The van der Waals surface area contributed by atoms with Crippen molar-refractivity contribution in [3.8, 4) is 5.75 Å². The van der Waals surface area contributed by atoms with Gasteiger partial charge in [-0.2, -0.15) is 4.31 Å². The van der Waals surface area contributed by atoms with Crippen molar-refractivity contribution in [1.82, 2.24) is 9.62 Å². The Morgan fingerprint density at radius 3 is 2.47 bits per heavy atom. The van der Waals surface area contributed by atoms with E-state index in [0.29, 0.717) is 30.8 Å². The highest BCUT2D eigenvalue weighted by molar-refractivity contribution is 7.89. The molecule has 0 bridgehead atoms. The van der Waals surface area contributed by atoms with E-state index in [1.165, 1.54) is 4.31 Å². The number of carbonyl (C=O) groups is 2. The lowest BCUT2D eigenvalue weighted by molar-refractivity contribution is -0.128. The Kier molecular flexibility index (Phi) is 7.07. The highest BCUT2D eigenvalue weighted by Crippen LogP contribution is 2.23. The van der Waals surface area contributed by atoms with Crippen molar-refractivity contribution in [2.45, 2.75) is 17.7 Å². The summed E-state index contributed by atoms with van der Waals surface area (Å²) in [6.45, 7) is 0.287. The number of nitrogens with one attached hydrogen (secondary N) is 2. The zero-order valence-corrected chi connectivity index (χ0v) is 17.5. The van der Waals surface area contributed by atoms with Crippen molar-refractivity contribution in [3.05, 3.63) is 54.6 Å². The molecule has 1 atom stereocenters. The monoisotopic (exact) mass is 431 g/mol. The molecule has 0 aliphatic carbocycles. The molecule has 1 saturated heterocycles. The second kappa shape index (κ2) is 9.73. The number of hydrogen-bond acceptors (Lipinski definition) is 5. The summed E-state index contributed by atoms with van der Waals surface area (Å²) in [6, 6.07) is 15.0. The molecule has 2 N–H and O–H groups in total. The minimum Gasteiger partial charge on any atom is -0.497 e. The van der Waals surface area contributed by atoms with Crippen LogP contribution in [0.4, 0.5) is 5.69 Å². The molecule has 0 saturated carbocycles. The lowest BCUT2D eigenvalue weighted by Gasteiger charge is -2.31. The average molecular weight is 432 g/mol. The van der Waals surface area contributed by atoms with E-state index in [-0.39, 0.29) is 29.8 Å². The fourth-order valence-corrected chi connectivity index (χ4v) is 4.85. The fraction of sp³-hybridized carbons (Fsp3) is 0.333. The summed E-state index contributed by atoms with van der Waals surface area (Å²) in [7, 11) is -2.09. The summed E-state index contributed by atoms with van der Waals surface area (Å²) in [6.07, 6.45) is 1.16. The highest BCUT2D eigenvalue weighted by atomic mass is 32.2. The number of anilines is 1. The van der Waals surface area contributed by atoms with Crippen LogP contribution < -0.4 is 15.4 Å². The van der Waals surface area contributed by atoms with Gasteiger partial charge in [0.15, 0.2) is 0 Å². The minimum absolute atomic E-state index is 0.100. The van der Waals surface area contributed by atoms with Crippen molar-refractivity contribution in [1.29, 1.82) is 0 Å². The molecule has 1 aliphatic heterocycles. The number of carbonyl (C=O) groups excluding carboxylic acids is 2. The predicted molar refractivity (Wildman–Crippen MR) is 113 cm³/mol. The third kappa shape index (κ3) is 5.37. The van der Waals surface area contributed by atoms with Gasteiger partial charge in [-0.15, -0.1) is 0 Å². The van der Waals surface area contributed by atoms with Crippen molar-refractivity contribution >= 4 is 27.5 Å². The molecule has 8 nitrogen and oxygen atoms in total. The Labute approximate surface area is 176 Å². The molecule has 0 spiro atoms. The van der Waals surface area contributed by atoms with Crippen molar-refractivity contribution in [3.63, 3.8) is 0 Å². The quantitative estimate of drug-likeness (QED) is 0.696. The topological polar surface area (TPSA) is 105 Å². The maximum absolute atomic E-state index is 12.8. The number of piperidine rings is 1. The number of rotatable bonds is 7. The van der Waals surface area contributed by atoms with Crippen LogP contribution in [-0.2, 0) is 19.6 Å². The first-order valence-electron chi connectivity index (χ1n) is 9.67. The summed E-state index contributed by atoms with van der Waals surface area (Å²) < 4.78 is 32.0. The normalized spacial score (nSPS) is 17.2. The van der Waals surface area contributed by atoms with Gasteiger partial charge in [0, 0.05) is 18.8 Å². The lowest BCUT2D eigenvalue weighted by Crippen LogP contribution is -2.46. The molecule has 1 unspecified atom stereocenters. The van der Waals surface area contributed by atoms with E-state index in [2.05, 4.69) is 10.6 Å². The van der Waals surface area contributed by atoms with Gasteiger partial charge in [0.25, 0.3) is 0 Å². The van der Waals surface area contributed by atoms with Crippen LogP contribution in [0.1, 0.15) is 12.8 Å². The number of ether oxygens (including phenoxy) is 1. The SMILES string of the molecule is COc1ccc(NC(=O)CNC(=O)C2CCCN(S(=O)(=O)c3ccccc3)C2)cc1.